The highest BCUT2D eigenvalue weighted by atomic mass is 35.6. The minimum atomic E-state index is -1.93. The molecule has 0 spiro atoms. The lowest BCUT2D eigenvalue weighted by molar-refractivity contribution is 0.0529. The number of anilines is 1. The highest BCUT2D eigenvalue weighted by molar-refractivity contribution is 7.15. The summed E-state index contributed by atoms with van der Waals surface area (Å²) >= 11 is 20.0. The van der Waals surface area contributed by atoms with Gasteiger partial charge in [-0.2, -0.15) is 0 Å². The zero-order valence-electron chi connectivity index (χ0n) is 18.6. The van der Waals surface area contributed by atoms with E-state index in [4.69, 9.17) is 39.5 Å². The number of rotatable bonds is 7. The van der Waals surface area contributed by atoms with Crippen LogP contribution in [0.1, 0.15) is 27.6 Å². The lowest BCUT2D eigenvalue weighted by Crippen LogP contribution is -2.49. The van der Waals surface area contributed by atoms with Gasteiger partial charge in [-0.15, -0.1) is 11.3 Å². The molecule has 180 valence electrons. The van der Waals surface area contributed by atoms with E-state index in [9.17, 15) is 9.59 Å². The predicted octanol–water partition coefficient (Wildman–Crippen LogP) is 7.28. The number of esters is 1. The van der Waals surface area contributed by atoms with E-state index in [0.717, 1.165) is 16.3 Å². The molecule has 1 aromatic heterocycles. The first-order valence-electron chi connectivity index (χ1n) is 10.8. The molecule has 0 aliphatic carbocycles. The third-order valence-electron chi connectivity index (χ3n) is 5.27. The summed E-state index contributed by atoms with van der Waals surface area (Å²) in [4.78, 5) is 26.1. The van der Waals surface area contributed by atoms with Crippen molar-refractivity contribution in [2.24, 2.45) is 0 Å². The number of amides is 1. The number of nitrogens with one attached hydrogen (secondary N) is 2. The first kappa shape index (κ1) is 25.3. The molecule has 0 bridgehead atoms. The minimum absolute atomic E-state index is 0.202. The minimum Gasteiger partial charge on any atom is -0.462 e. The van der Waals surface area contributed by atoms with Crippen molar-refractivity contribution in [2.45, 2.75) is 16.9 Å². The Morgan fingerprint density at radius 1 is 0.971 bits per heavy atom. The van der Waals surface area contributed by atoms with Gasteiger partial charge in [0.1, 0.15) is 16.7 Å². The van der Waals surface area contributed by atoms with Gasteiger partial charge in [-0.3, -0.25) is 4.79 Å². The van der Waals surface area contributed by atoms with Gasteiger partial charge >= 0.3 is 5.97 Å². The molecule has 1 atom stereocenters. The number of hydrogen-bond donors (Lipinski definition) is 2. The Bertz CT molecular complexity index is 1350. The van der Waals surface area contributed by atoms with Gasteiger partial charge in [-0.1, -0.05) is 102 Å². The van der Waals surface area contributed by atoms with Crippen LogP contribution in [0.25, 0.3) is 21.9 Å². The summed E-state index contributed by atoms with van der Waals surface area (Å²) in [5.41, 5.74) is 2.26. The largest absolute Gasteiger partial charge is 0.462 e. The standard InChI is InChI=1S/C26H21Cl3N2O3S/c1-2-34-24(33)21-20(17-9-4-3-5-10-17)15-35-23(21)31-25(26(27,28)29)30-22(32)19-14-8-12-16-11-6-7-13-18(16)19/h3-15,25,31H,2H2,1H3,(H,30,32). The predicted molar refractivity (Wildman–Crippen MR) is 145 cm³/mol. The Morgan fingerprint density at radius 2 is 1.66 bits per heavy atom. The Hall–Kier alpha value is -2.77. The van der Waals surface area contributed by atoms with Crippen molar-refractivity contribution >= 4 is 73.8 Å². The molecule has 0 saturated heterocycles. The molecule has 4 aromatic rings. The molecule has 9 heteroatoms. The number of thiophene rings is 1. The number of benzene rings is 3. The van der Waals surface area contributed by atoms with Crippen molar-refractivity contribution in [3.63, 3.8) is 0 Å². The van der Waals surface area contributed by atoms with E-state index in [2.05, 4.69) is 10.6 Å². The number of hydrogen-bond acceptors (Lipinski definition) is 5. The zero-order valence-corrected chi connectivity index (χ0v) is 21.6. The molecule has 0 radical (unpaired) electrons. The molecular weight excluding hydrogens is 527 g/mol. The number of carbonyl (C=O) groups excluding carboxylic acids is 2. The lowest BCUT2D eigenvalue weighted by Gasteiger charge is -2.27. The Labute approximate surface area is 222 Å². The van der Waals surface area contributed by atoms with Crippen LogP contribution < -0.4 is 10.6 Å². The fraction of sp³-hybridized carbons (Fsp3) is 0.154. The molecular formula is C26H21Cl3N2O3S. The number of carbonyl (C=O) groups is 2. The number of ether oxygens (including phenoxy) is 1. The molecule has 0 aliphatic heterocycles. The van der Waals surface area contributed by atoms with Crippen molar-refractivity contribution in [3.05, 3.63) is 89.3 Å². The van der Waals surface area contributed by atoms with Crippen LogP contribution in [0.5, 0.6) is 0 Å². The fourth-order valence-corrected chi connectivity index (χ4v) is 4.98. The van der Waals surface area contributed by atoms with Crippen LogP contribution in [0.2, 0.25) is 0 Å². The molecule has 0 aliphatic rings. The summed E-state index contributed by atoms with van der Waals surface area (Å²) in [6, 6.07) is 22.4. The molecule has 35 heavy (non-hydrogen) atoms. The summed E-state index contributed by atoms with van der Waals surface area (Å²) in [7, 11) is 0. The maximum Gasteiger partial charge on any atom is 0.341 e. The molecule has 1 heterocycles. The number of fused-ring (bicyclic) bond motifs is 1. The fourth-order valence-electron chi connectivity index (χ4n) is 3.66. The smallest absolute Gasteiger partial charge is 0.341 e. The van der Waals surface area contributed by atoms with Gasteiger partial charge in [-0.25, -0.2) is 4.79 Å². The highest BCUT2D eigenvalue weighted by Gasteiger charge is 2.36. The normalized spacial score (nSPS) is 12.2. The number of halogens is 3. The Balaban J connectivity index is 1.68. The topological polar surface area (TPSA) is 67.4 Å². The molecule has 1 amide bonds. The van der Waals surface area contributed by atoms with E-state index in [1.165, 1.54) is 11.3 Å². The first-order chi connectivity index (χ1) is 16.8. The van der Waals surface area contributed by atoms with Gasteiger partial charge in [0.25, 0.3) is 5.91 Å². The summed E-state index contributed by atoms with van der Waals surface area (Å²) < 4.78 is 3.37. The van der Waals surface area contributed by atoms with Crippen LogP contribution >= 0.6 is 46.1 Å². The molecule has 4 rings (SSSR count). The van der Waals surface area contributed by atoms with Gasteiger partial charge in [0.05, 0.1) is 6.61 Å². The Morgan fingerprint density at radius 3 is 2.37 bits per heavy atom. The number of alkyl halides is 3. The van der Waals surface area contributed by atoms with Crippen LogP contribution in [0.3, 0.4) is 0 Å². The second kappa shape index (κ2) is 10.9. The van der Waals surface area contributed by atoms with E-state index < -0.39 is 21.8 Å². The van der Waals surface area contributed by atoms with Crippen molar-refractivity contribution in [1.82, 2.24) is 5.32 Å². The quantitative estimate of drug-likeness (QED) is 0.145. The SMILES string of the molecule is CCOC(=O)c1c(-c2ccccc2)csc1NC(NC(=O)c1cccc2ccccc12)C(Cl)(Cl)Cl. The lowest BCUT2D eigenvalue weighted by atomic mass is 10.0. The van der Waals surface area contributed by atoms with E-state index in [0.29, 0.717) is 21.7 Å². The van der Waals surface area contributed by atoms with E-state index in [-0.39, 0.29) is 6.61 Å². The van der Waals surface area contributed by atoms with Crippen LogP contribution in [0, 0.1) is 0 Å². The van der Waals surface area contributed by atoms with Crippen molar-refractivity contribution in [3.8, 4) is 11.1 Å². The molecule has 2 N–H and O–H groups in total. The highest BCUT2D eigenvalue weighted by Crippen LogP contribution is 2.39. The average molecular weight is 548 g/mol. The average Bonchev–Trinajstić information content (AvgIpc) is 3.27. The van der Waals surface area contributed by atoms with Crippen LogP contribution in [-0.4, -0.2) is 28.4 Å². The molecule has 0 saturated carbocycles. The van der Waals surface area contributed by atoms with Gasteiger partial charge in [0, 0.05) is 16.5 Å². The molecule has 1 unspecified atom stereocenters. The van der Waals surface area contributed by atoms with Gasteiger partial charge in [0.2, 0.25) is 3.79 Å². The van der Waals surface area contributed by atoms with Crippen LogP contribution in [0.15, 0.2) is 78.2 Å². The third kappa shape index (κ3) is 5.73. The van der Waals surface area contributed by atoms with Crippen molar-refractivity contribution < 1.29 is 14.3 Å². The summed E-state index contributed by atoms with van der Waals surface area (Å²) in [5, 5.41) is 9.74. The first-order valence-corrected chi connectivity index (χ1v) is 12.8. The van der Waals surface area contributed by atoms with Crippen molar-refractivity contribution in [1.29, 1.82) is 0 Å². The molecule has 3 aromatic carbocycles. The summed E-state index contributed by atoms with van der Waals surface area (Å²) in [5.74, 6) is -0.943. The monoisotopic (exact) mass is 546 g/mol. The van der Waals surface area contributed by atoms with Crippen LogP contribution in [-0.2, 0) is 4.74 Å². The maximum atomic E-state index is 13.2. The van der Waals surface area contributed by atoms with Gasteiger partial charge in [-0.05, 0) is 29.3 Å². The molecule has 0 fully saturated rings. The molecule has 5 nitrogen and oxygen atoms in total. The van der Waals surface area contributed by atoms with Crippen molar-refractivity contribution in [2.75, 3.05) is 11.9 Å². The van der Waals surface area contributed by atoms with Gasteiger partial charge in [0.15, 0.2) is 0 Å². The third-order valence-corrected chi connectivity index (χ3v) is 6.83. The van der Waals surface area contributed by atoms with Gasteiger partial charge < -0.3 is 15.4 Å². The second-order valence-corrected chi connectivity index (χ2v) is 10.8. The van der Waals surface area contributed by atoms with E-state index >= 15 is 0 Å². The van der Waals surface area contributed by atoms with Crippen LogP contribution in [0.4, 0.5) is 5.00 Å². The zero-order chi connectivity index (χ0) is 25.0. The van der Waals surface area contributed by atoms with E-state index in [1.807, 2.05) is 66.0 Å². The maximum absolute atomic E-state index is 13.2. The van der Waals surface area contributed by atoms with E-state index in [1.54, 1.807) is 19.1 Å². The summed E-state index contributed by atoms with van der Waals surface area (Å²) in [6.07, 6.45) is -1.14. The summed E-state index contributed by atoms with van der Waals surface area (Å²) in [6.45, 7) is 1.93. The Kier molecular flexibility index (Phi) is 7.87. The second-order valence-electron chi connectivity index (χ2n) is 7.56.